The van der Waals surface area contributed by atoms with E-state index in [0.717, 1.165) is 32.1 Å². The number of carbonyl (C=O) groups excluding carboxylic acids is 2. The maximum absolute atomic E-state index is 12.4. The van der Waals surface area contributed by atoms with Gasteiger partial charge in [-0.05, 0) is 56.6 Å². The lowest BCUT2D eigenvalue weighted by Crippen LogP contribution is -2.56. The van der Waals surface area contributed by atoms with E-state index >= 15 is 0 Å². The van der Waals surface area contributed by atoms with Crippen molar-refractivity contribution in [2.75, 3.05) is 0 Å². The minimum Gasteiger partial charge on any atom is -0.364 e. The SMILES string of the molecule is C[C@]12C=CC(=O)C=C1CC[C@@H]1[C@H]3CCC(=O)[C@@]3(C)C[C@@H]3O[C@@]312. The van der Waals surface area contributed by atoms with Gasteiger partial charge in [0.05, 0.1) is 6.10 Å². The predicted molar refractivity (Wildman–Crippen MR) is 81.1 cm³/mol. The standard InChI is InChI=1S/C19H22O3/c1-17-10-16-19(22-16)14(13(17)5-6-15(17)21)4-3-11-9-12(20)7-8-18(11,19)2/h7-9,13-14,16H,3-6,10H2,1-2H3/t13-,14-,16+,17+,18+,19-/m1/s1. The average Bonchev–Trinajstić information content (AvgIpc) is 3.12. The van der Waals surface area contributed by atoms with Gasteiger partial charge in [0.1, 0.15) is 11.4 Å². The van der Waals surface area contributed by atoms with Crippen molar-refractivity contribution in [3.8, 4) is 0 Å². The number of hydrogen-bond acceptors (Lipinski definition) is 3. The normalized spacial score (nSPS) is 55.0. The smallest absolute Gasteiger partial charge is 0.178 e. The summed E-state index contributed by atoms with van der Waals surface area (Å²) in [5, 5.41) is 0. The lowest BCUT2D eigenvalue weighted by Gasteiger charge is -2.53. The molecule has 0 aromatic rings. The molecule has 1 spiro atoms. The van der Waals surface area contributed by atoms with Crippen molar-refractivity contribution in [3.63, 3.8) is 0 Å². The van der Waals surface area contributed by atoms with E-state index in [0.29, 0.717) is 17.6 Å². The molecule has 0 aromatic carbocycles. The van der Waals surface area contributed by atoms with Crippen molar-refractivity contribution in [2.45, 2.75) is 57.7 Å². The summed E-state index contributed by atoms with van der Waals surface area (Å²) in [7, 11) is 0. The number of Topliss-reactive ketones (excluding diaryl/α,β-unsaturated/α-hetero) is 1. The van der Waals surface area contributed by atoms with Gasteiger partial charge in [-0.3, -0.25) is 9.59 Å². The molecule has 3 saturated carbocycles. The topological polar surface area (TPSA) is 46.7 Å². The molecule has 0 N–H and O–H groups in total. The third-order valence-electron chi connectivity index (χ3n) is 7.64. The first-order valence-electron chi connectivity index (χ1n) is 8.57. The second-order valence-electron chi connectivity index (χ2n) is 8.34. The Balaban J connectivity index is 1.63. The van der Waals surface area contributed by atoms with Gasteiger partial charge in [0.25, 0.3) is 0 Å². The molecule has 0 radical (unpaired) electrons. The van der Waals surface area contributed by atoms with Crippen LogP contribution in [0.25, 0.3) is 0 Å². The molecule has 0 bridgehead atoms. The van der Waals surface area contributed by atoms with E-state index < -0.39 is 0 Å². The molecule has 0 aromatic heterocycles. The number of rotatable bonds is 0. The van der Waals surface area contributed by atoms with E-state index in [-0.39, 0.29) is 28.3 Å². The highest BCUT2D eigenvalue weighted by molar-refractivity contribution is 6.01. The highest BCUT2D eigenvalue weighted by atomic mass is 16.6. The molecule has 0 amide bonds. The van der Waals surface area contributed by atoms with Crippen LogP contribution in [0, 0.1) is 22.7 Å². The Kier molecular flexibility index (Phi) is 2.19. The van der Waals surface area contributed by atoms with Gasteiger partial charge in [-0.25, -0.2) is 0 Å². The lowest BCUT2D eigenvalue weighted by molar-refractivity contribution is -0.129. The molecule has 1 saturated heterocycles. The van der Waals surface area contributed by atoms with Crippen molar-refractivity contribution in [2.24, 2.45) is 22.7 Å². The van der Waals surface area contributed by atoms with E-state index in [9.17, 15) is 9.59 Å². The molecule has 4 aliphatic carbocycles. The Morgan fingerprint density at radius 2 is 1.91 bits per heavy atom. The van der Waals surface area contributed by atoms with Crippen molar-refractivity contribution in [1.82, 2.24) is 0 Å². The maximum Gasteiger partial charge on any atom is 0.178 e. The number of carbonyl (C=O) groups is 2. The summed E-state index contributed by atoms with van der Waals surface area (Å²) in [5.41, 5.74) is 0.776. The van der Waals surface area contributed by atoms with Gasteiger partial charge in [0.15, 0.2) is 5.78 Å². The van der Waals surface area contributed by atoms with Crippen molar-refractivity contribution >= 4 is 11.6 Å². The minimum absolute atomic E-state index is 0.108. The van der Waals surface area contributed by atoms with Crippen molar-refractivity contribution in [1.29, 1.82) is 0 Å². The zero-order valence-electron chi connectivity index (χ0n) is 13.2. The van der Waals surface area contributed by atoms with E-state index in [4.69, 9.17) is 4.74 Å². The van der Waals surface area contributed by atoms with Crippen LogP contribution in [0.4, 0.5) is 0 Å². The van der Waals surface area contributed by atoms with Crippen LogP contribution < -0.4 is 0 Å². The van der Waals surface area contributed by atoms with Crippen LogP contribution in [0.3, 0.4) is 0 Å². The summed E-state index contributed by atoms with van der Waals surface area (Å²) in [6.45, 7) is 4.42. The highest BCUT2D eigenvalue weighted by Crippen LogP contribution is 2.73. The molecular weight excluding hydrogens is 276 g/mol. The van der Waals surface area contributed by atoms with Gasteiger partial charge in [0, 0.05) is 17.3 Å². The number of fused-ring (bicyclic) bond motifs is 3. The molecule has 3 nitrogen and oxygen atoms in total. The van der Waals surface area contributed by atoms with Crippen LogP contribution in [0.1, 0.15) is 46.0 Å². The fraction of sp³-hybridized carbons (Fsp3) is 0.684. The van der Waals surface area contributed by atoms with E-state index in [2.05, 4.69) is 19.9 Å². The van der Waals surface area contributed by atoms with Gasteiger partial charge in [0.2, 0.25) is 0 Å². The summed E-state index contributed by atoms with van der Waals surface area (Å²) in [6, 6.07) is 0. The second kappa shape index (κ2) is 3.64. The van der Waals surface area contributed by atoms with Crippen LogP contribution in [0.5, 0.6) is 0 Å². The van der Waals surface area contributed by atoms with Crippen molar-refractivity contribution in [3.05, 3.63) is 23.8 Å². The fourth-order valence-electron chi connectivity index (χ4n) is 6.42. The molecule has 1 heterocycles. The molecule has 6 atom stereocenters. The Hall–Kier alpha value is -1.22. The molecule has 116 valence electrons. The van der Waals surface area contributed by atoms with Gasteiger partial charge in [-0.2, -0.15) is 0 Å². The summed E-state index contributed by atoms with van der Waals surface area (Å²) < 4.78 is 6.37. The molecule has 5 rings (SSSR count). The number of ether oxygens (including phenoxy) is 1. The quantitative estimate of drug-likeness (QED) is 0.646. The summed E-state index contributed by atoms with van der Waals surface area (Å²) in [6.07, 6.45) is 10.5. The molecule has 3 heteroatoms. The molecular formula is C19H22O3. The van der Waals surface area contributed by atoms with Gasteiger partial charge >= 0.3 is 0 Å². The van der Waals surface area contributed by atoms with Crippen LogP contribution in [-0.4, -0.2) is 23.3 Å². The molecule has 4 fully saturated rings. The average molecular weight is 298 g/mol. The lowest BCUT2D eigenvalue weighted by atomic mass is 9.48. The van der Waals surface area contributed by atoms with Crippen LogP contribution in [0.15, 0.2) is 23.8 Å². The zero-order valence-corrected chi connectivity index (χ0v) is 13.2. The Morgan fingerprint density at radius 1 is 1.14 bits per heavy atom. The first-order chi connectivity index (χ1) is 10.4. The monoisotopic (exact) mass is 298 g/mol. The van der Waals surface area contributed by atoms with E-state index in [1.54, 1.807) is 6.08 Å². The largest absolute Gasteiger partial charge is 0.364 e. The Labute approximate surface area is 130 Å². The second-order valence-corrected chi connectivity index (χ2v) is 8.34. The maximum atomic E-state index is 12.4. The van der Waals surface area contributed by atoms with Gasteiger partial charge < -0.3 is 4.74 Å². The zero-order chi connectivity index (χ0) is 15.3. The number of epoxide rings is 1. The molecule has 0 unspecified atom stereocenters. The van der Waals surface area contributed by atoms with Crippen LogP contribution in [0.2, 0.25) is 0 Å². The fourth-order valence-corrected chi connectivity index (χ4v) is 6.42. The Bertz CT molecular complexity index is 674. The summed E-state index contributed by atoms with van der Waals surface area (Å²) >= 11 is 0. The molecule has 22 heavy (non-hydrogen) atoms. The number of hydrogen-bond donors (Lipinski definition) is 0. The molecule has 5 aliphatic rings. The first-order valence-corrected chi connectivity index (χ1v) is 8.57. The van der Waals surface area contributed by atoms with Crippen LogP contribution >= 0.6 is 0 Å². The minimum atomic E-state index is -0.166. The third-order valence-corrected chi connectivity index (χ3v) is 7.64. The summed E-state index contributed by atoms with van der Waals surface area (Å²) in [4.78, 5) is 24.2. The van der Waals surface area contributed by atoms with Crippen LogP contribution in [-0.2, 0) is 14.3 Å². The number of ketones is 2. The van der Waals surface area contributed by atoms with Gasteiger partial charge in [-0.1, -0.05) is 18.6 Å². The summed E-state index contributed by atoms with van der Waals surface area (Å²) in [5.74, 6) is 1.48. The van der Waals surface area contributed by atoms with Crippen molar-refractivity contribution < 1.29 is 14.3 Å². The highest BCUT2D eigenvalue weighted by Gasteiger charge is 2.78. The third kappa shape index (κ3) is 1.22. The van der Waals surface area contributed by atoms with E-state index in [1.165, 1.54) is 5.57 Å². The predicted octanol–water partition coefficient (Wildman–Crippen LogP) is 2.99. The number of allylic oxidation sites excluding steroid dienone is 2. The molecule has 1 aliphatic heterocycles. The Morgan fingerprint density at radius 3 is 2.73 bits per heavy atom. The first kappa shape index (κ1) is 13.2. The van der Waals surface area contributed by atoms with Gasteiger partial charge in [-0.15, -0.1) is 0 Å². The van der Waals surface area contributed by atoms with E-state index in [1.807, 2.05) is 6.08 Å².